The molecule has 0 saturated carbocycles. The molecule has 0 amide bonds. The van der Waals surface area contributed by atoms with Gasteiger partial charge < -0.3 is 10.6 Å². The summed E-state index contributed by atoms with van der Waals surface area (Å²) in [5.41, 5.74) is 10.2. The van der Waals surface area contributed by atoms with E-state index in [9.17, 15) is 0 Å². The second kappa shape index (κ2) is 5.31. The molecule has 1 aliphatic heterocycles. The molecule has 2 heteroatoms. The number of rotatable bonds is 3. The Morgan fingerprint density at radius 2 is 2.11 bits per heavy atom. The molecule has 2 rings (SSSR count). The summed E-state index contributed by atoms with van der Waals surface area (Å²) in [6, 6.07) is 6.81. The lowest BCUT2D eigenvalue weighted by Crippen LogP contribution is -2.40. The predicted molar refractivity (Wildman–Crippen MR) is 79.2 cm³/mol. The highest BCUT2D eigenvalue weighted by Gasteiger charge is 2.26. The van der Waals surface area contributed by atoms with Gasteiger partial charge in [0, 0.05) is 18.8 Å². The number of nitrogens with two attached hydrogens (primary N) is 1. The zero-order chi connectivity index (χ0) is 13.2. The minimum Gasteiger partial charge on any atom is -0.371 e. The maximum atomic E-state index is 5.62. The second-order valence-corrected chi connectivity index (χ2v) is 6.35. The summed E-state index contributed by atoms with van der Waals surface area (Å²) in [6.07, 6.45) is 3.62. The lowest BCUT2D eigenvalue weighted by Gasteiger charge is -2.40. The molecule has 2 N–H and O–H groups in total. The molecule has 0 atom stereocenters. The van der Waals surface area contributed by atoms with Crippen LogP contribution in [-0.2, 0) is 6.42 Å². The van der Waals surface area contributed by atoms with Gasteiger partial charge in [0.15, 0.2) is 0 Å². The predicted octanol–water partition coefficient (Wildman–Crippen LogP) is 3.12. The Kier molecular flexibility index (Phi) is 3.96. The molecule has 1 aromatic rings. The van der Waals surface area contributed by atoms with Crippen molar-refractivity contribution in [3.8, 4) is 0 Å². The summed E-state index contributed by atoms with van der Waals surface area (Å²) in [4.78, 5) is 2.55. The van der Waals surface area contributed by atoms with Crippen molar-refractivity contribution in [3.63, 3.8) is 0 Å². The quantitative estimate of drug-likeness (QED) is 0.888. The van der Waals surface area contributed by atoms with Gasteiger partial charge in [0.25, 0.3) is 0 Å². The number of nitrogens with zero attached hydrogens (tertiary/aromatic N) is 1. The molecule has 0 radical (unpaired) electrons. The Morgan fingerprint density at radius 1 is 1.33 bits per heavy atom. The Balaban J connectivity index is 2.18. The van der Waals surface area contributed by atoms with Crippen LogP contribution in [-0.4, -0.2) is 19.6 Å². The number of aryl methyl sites for hydroxylation is 1. The monoisotopic (exact) mass is 246 g/mol. The summed E-state index contributed by atoms with van der Waals surface area (Å²) in [5, 5.41) is 0. The molecular weight excluding hydrogens is 220 g/mol. The van der Waals surface area contributed by atoms with E-state index in [4.69, 9.17) is 5.73 Å². The van der Waals surface area contributed by atoms with Crippen molar-refractivity contribution in [2.75, 3.05) is 24.5 Å². The van der Waals surface area contributed by atoms with Gasteiger partial charge in [-0.3, -0.25) is 0 Å². The molecule has 2 nitrogen and oxygen atoms in total. The van der Waals surface area contributed by atoms with Crippen LogP contribution in [0.3, 0.4) is 0 Å². The Labute approximate surface area is 111 Å². The van der Waals surface area contributed by atoms with Crippen LogP contribution in [0.5, 0.6) is 0 Å². The van der Waals surface area contributed by atoms with Gasteiger partial charge in [-0.05, 0) is 55.3 Å². The molecule has 0 spiro atoms. The normalized spacial score (nSPS) is 19.0. The average molecular weight is 246 g/mol. The van der Waals surface area contributed by atoms with Gasteiger partial charge in [-0.25, -0.2) is 0 Å². The van der Waals surface area contributed by atoms with Crippen molar-refractivity contribution in [2.45, 2.75) is 40.0 Å². The smallest absolute Gasteiger partial charge is 0.0396 e. The number of anilines is 1. The van der Waals surface area contributed by atoms with E-state index in [1.807, 2.05) is 0 Å². The zero-order valence-corrected chi connectivity index (χ0v) is 12.0. The first kappa shape index (κ1) is 13.4. The fourth-order valence-electron chi connectivity index (χ4n) is 3.02. The molecule has 0 bridgehead atoms. The highest BCUT2D eigenvalue weighted by molar-refractivity contribution is 5.55. The van der Waals surface area contributed by atoms with E-state index in [-0.39, 0.29) is 0 Å². The minimum absolute atomic E-state index is 0.445. The van der Waals surface area contributed by atoms with E-state index in [2.05, 4.69) is 43.9 Å². The molecule has 1 aromatic carbocycles. The summed E-state index contributed by atoms with van der Waals surface area (Å²) >= 11 is 0. The van der Waals surface area contributed by atoms with Crippen molar-refractivity contribution in [1.29, 1.82) is 0 Å². The standard InChI is InChI=1S/C16H26N2/c1-13-11-14(7-9-17)5-6-15(13)18-10-4-8-16(2,3)12-18/h5-6,11H,4,7-10,12,17H2,1-3H3. The third kappa shape index (κ3) is 3.05. The van der Waals surface area contributed by atoms with E-state index < -0.39 is 0 Å². The molecule has 1 saturated heterocycles. The Morgan fingerprint density at radius 3 is 2.72 bits per heavy atom. The van der Waals surface area contributed by atoms with Crippen molar-refractivity contribution in [1.82, 2.24) is 0 Å². The third-order valence-corrected chi connectivity index (χ3v) is 3.94. The summed E-state index contributed by atoms with van der Waals surface area (Å²) < 4.78 is 0. The maximum Gasteiger partial charge on any atom is 0.0396 e. The molecular formula is C16H26N2. The average Bonchev–Trinajstić information content (AvgIpc) is 2.28. The lowest BCUT2D eigenvalue weighted by atomic mass is 9.84. The fraction of sp³-hybridized carbons (Fsp3) is 0.625. The minimum atomic E-state index is 0.445. The number of benzene rings is 1. The third-order valence-electron chi connectivity index (χ3n) is 3.94. The summed E-state index contributed by atoms with van der Waals surface area (Å²) in [5.74, 6) is 0. The first-order valence-electron chi connectivity index (χ1n) is 7.06. The van der Waals surface area contributed by atoms with Crippen LogP contribution in [0.4, 0.5) is 5.69 Å². The first-order chi connectivity index (χ1) is 8.52. The van der Waals surface area contributed by atoms with E-state index in [1.54, 1.807) is 0 Å². The van der Waals surface area contributed by atoms with Crippen LogP contribution in [0.2, 0.25) is 0 Å². The molecule has 18 heavy (non-hydrogen) atoms. The van der Waals surface area contributed by atoms with Gasteiger partial charge in [0.2, 0.25) is 0 Å². The molecule has 100 valence electrons. The molecule has 1 aliphatic rings. The Bertz CT molecular complexity index is 410. The van der Waals surface area contributed by atoms with E-state index >= 15 is 0 Å². The van der Waals surface area contributed by atoms with Crippen molar-refractivity contribution in [3.05, 3.63) is 29.3 Å². The van der Waals surface area contributed by atoms with Crippen molar-refractivity contribution < 1.29 is 0 Å². The summed E-state index contributed by atoms with van der Waals surface area (Å²) in [7, 11) is 0. The van der Waals surface area contributed by atoms with Crippen LogP contribution < -0.4 is 10.6 Å². The van der Waals surface area contributed by atoms with Crippen LogP contribution in [0.25, 0.3) is 0 Å². The lowest BCUT2D eigenvalue weighted by molar-refractivity contribution is 0.293. The van der Waals surface area contributed by atoms with Gasteiger partial charge in [-0.15, -0.1) is 0 Å². The van der Waals surface area contributed by atoms with E-state index in [0.717, 1.165) is 13.0 Å². The number of piperidine rings is 1. The van der Waals surface area contributed by atoms with Crippen LogP contribution in [0.1, 0.15) is 37.8 Å². The zero-order valence-electron chi connectivity index (χ0n) is 12.0. The second-order valence-electron chi connectivity index (χ2n) is 6.35. The van der Waals surface area contributed by atoms with Gasteiger partial charge >= 0.3 is 0 Å². The van der Waals surface area contributed by atoms with E-state index in [1.165, 1.54) is 42.7 Å². The number of hydrogen-bond donors (Lipinski definition) is 1. The fourth-order valence-corrected chi connectivity index (χ4v) is 3.02. The van der Waals surface area contributed by atoms with Crippen molar-refractivity contribution >= 4 is 5.69 Å². The van der Waals surface area contributed by atoms with Gasteiger partial charge in [-0.2, -0.15) is 0 Å². The topological polar surface area (TPSA) is 29.3 Å². The Hall–Kier alpha value is -1.02. The largest absolute Gasteiger partial charge is 0.371 e. The van der Waals surface area contributed by atoms with E-state index in [0.29, 0.717) is 5.41 Å². The van der Waals surface area contributed by atoms with Crippen LogP contribution in [0.15, 0.2) is 18.2 Å². The van der Waals surface area contributed by atoms with Gasteiger partial charge in [0.05, 0.1) is 0 Å². The first-order valence-corrected chi connectivity index (χ1v) is 7.06. The van der Waals surface area contributed by atoms with Crippen LogP contribution >= 0.6 is 0 Å². The van der Waals surface area contributed by atoms with Crippen LogP contribution in [0, 0.1) is 12.3 Å². The molecule has 1 heterocycles. The maximum absolute atomic E-state index is 5.62. The summed E-state index contributed by atoms with van der Waals surface area (Å²) in [6.45, 7) is 10.1. The molecule has 0 aliphatic carbocycles. The van der Waals surface area contributed by atoms with Crippen molar-refractivity contribution in [2.24, 2.45) is 11.1 Å². The molecule has 0 aromatic heterocycles. The molecule has 0 unspecified atom stereocenters. The highest BCUT2D eigenvalue weighted by Crippen LogP contribution is 2.33. The number of hydrogen-bond acceptors (Lipinski definition) is 2. The SMILES string of the molecule is Cc1cc(CCN)ccc1N1CCCC(C)(C)C1. The van der Waals surface area contributed by atoms with Gasteiger partial charge in [-0.1, -0.05) is 26.0 Å². The molecule has 1 fully saturated rings. The van der Waals surface area contributed by atoms with Gasteiger partial charge in [0.1, 0.15) is 0 Å². The highest BCUT2D eigenvalue weighted by atomic mass is 15.1.